The molecule has 1 saturated carbocycles. The van der Waals surface area contributed by atoms with Crippen LogP contribution in [0, 0.1) is 5.82 Å². The molecule has 4 aromatic heterocycles. The molecule has 1 aliphatic carbocycles. The summed E-state index contributed by atoms with van der Waals surface area (Å²) in [5, 5.41) is 4.65. The van der Waals surface area contributed by atoms with Gasteiger partial charge < -0.3 is 4.98 Å². The second kappa shape index (κ2) is 6.10. The zero-order chi connectivity index (χ0) is 19.4. The summed E-state index contributed by atoms with van der Waals surface area (Å²) in [7, 11) is 0. The SMILES string of the molecule is O=c1[nH]cc(-c2cc([C@H]3C[C@@H]3c3ncc(Cl)cc3F)c3nccn3n2)c(=O)[nH]1. The van der Waals surface area contributed by atoms with E-state index in [0.717, 1.165) is 5.56 Å². The van der Waals surface area contributed by atoms with Crippen molar-refractivity contribution in [3.8, 4) is 11.3 Å². The molecule has 28 heavy (non-hydrogen) atoms. The molecule has 8 nitrogen and oxygen atoms in total. The van der Waals surface area contributed by atoms with Gasteiger partial charge >= 0.3 is 5.69 Å². The first-order valence-corrected chi connectivity index (χ1v) is 8.86. The zero-order valence-electron chi connectivity index (χ0n) is 14.2. The van der Waals surface area contributed by atoms with Crippen LogP contribution in [-0.4, -0.2) is 29.5 Å². The summed E-state index contributed by atoms with van der Waals surface area (Å²) in [6, 6.07) is 3.01. The lowest BCUT2D eigenvalue weighted by Gasteiger charge is -2.07. The predicted octanol–water partition coefficient (Wildman–Crippen LogP) is 2.23. The van der Waals surface area contributed by atoms with Gasteiger partial charge in [0.05, 0.1) is 22.0 Å². The monoisotopic (exact) mass is 398 g/mol. The Labute approximate surface area is 161 Å². The Kier molecular flexibility index (Phi) is 3.66. The average molecular weight is 399 g/mol. The van der Waals surface area contributed by atoms with Crippen LogP contribution < -0.4 is 11.2 Å². The van der Waals surface area contributed by atoms with E-state index >= 15 is 0 Å². The summed E-state index contributed by atoms with van der Waals surface area (Å²) < 4.78 is 15.8. The molecule has 0 amide bonds. The minimum atomic E-state index is -0.593. The number of imidazole rings is 1. The molecule has 0 aliphatic heterocycles. The van der Waals surface area contributed by atoms with Gasteiger partial charge in [0, 0.05) is 36.3 Å². The number of aromatic nitrogens is 6. The normalized spacial score (nSPS) is 18.5. The van der Waals surface area contributed by atoms with E-state index in [0.29, 0.717) is 23.5 Å². The summed E-state index contributed by atoms with van der Waals surface area (Å²) in [4.78, 5) is 36.6. The van der Waals surface area contributed by atoms with Crippen molar-refractivity contribution < 1.29 is 4.39 Å². The number of halogens is 2. The van der Waals surface area contributed by atoms with Crippen molar-refractivity contribution >= 4 is 17.2 Å². The van der Waals surface area contributed by atoms with E-state index in [4.69, 9.17) is 11.6 Å². The number of nitrogens with one attached hydrogen (secondary N) is 2. The molecule has 140 valence electrons. The third-order valence-electron chi connectivity index (χ3n) is 4.86. The summed E-state index contributed by atoms with van der Waals surface area (Å²) in [6.45, 7) is 0. The molecule has 1 fully saturated rings. The lowest BCUT2D eigenvalue weighted by Crippen LogP contribution is -2.23. The first-order chi connectivity index (χ1) is 13.5. The van der Waals surface area contributed by atoms with Gasteiger partial charge in [-0.25, -0.2) is 18.7 Å². The van der Waals surface area contributed by atoms with Gasteiger partial charge in [0.15, 0.2) is 5.65 Å². The standard InChI is InChI=1S/C18H12ClFN6O2/c19-8-3-13(20)15(22-6-8)10-4-9(10)11-5-14(25-26-2-1-21-16(11)26)12-7-23-18(28)24-17(12)27/h1-3,5-7,9-10H,4H2,(H2,23,24,27,28)/t9-,10-/m0/s1. The fourth-order valence-corrected chi connectivity index (χ4v) is 3.63. The maximum atomic E-state index is 14.3. The number of fused-ring (bicyclic) bond motifs is 1. The van der Waals surface area contributed by atoms with Crippen molar-refractivity contribution in [1.29, 1.82) is 0 Å². The Balaban J connectivity index is 1.61. The molecule has 1 aliphatic rings. The van der Waals surface area contributed by atoms with Crippen molar-refractivity contribution in [1.82, 2.24) is 29.5 Å². The third kappa shape index (κ3) is 2.71. The number of hydrogen-bond acceptors (Lipinski definition) is 5. The Morgan fingerprint density at radius 3 is 2.86 bits per heavy atom. The Hall–Kier alpha value is -3.33. The molecule has 0 spiro atoms. The Bertz CT molecular complexity index is 1340. The van der Waals surface area contributed by atoms with Crippen LogP contribution in [0.15, 0.2) is 46.5 Å². The first kappa shape index (κ1) is 16.8. The number of H-pyrrole nitrogens is 2. The highest BCUT2D eigenvalue weighted by molar-refractivity contribution is 6.30. The first-order valence-electron chi connectivity index (χ1n) is 8.49. The van der Waals surface area contributed by atoms with Crippen LogP contribution in [-0.2, 0) is 0 Å². The number of aromatic amines is 2. The minimum absolute atomic E-state index is 0.0170. The van der Waals surface area contributed by atoms with E-state index in [1.165, 1.54) is 18.5 Å². The minimum Gasteiger partial charge on any atom is -0.313 e. The number of hydrogen-bond donors (Lipinski definition) is 2. The third-order valence-corrected chi connectivity index (χ3v) is 5.07. The van der Waals surface area contributed by atoms with Gasteiger partial charge in [-0.1, -0.05) is 11.6 Å². The van der Waals surface area contributed by atoms with Gasteiger partial charge in [-0.05, 0) is 24.5 Å². The molecule has 2 atom stereocenters. The fraction of sp³-hybridized carbons (Fsp3) is 0.167. The zero-order valence-corrected chi connectivity index (χ0v) is 14.9. The molecule has 0 radical (unpaired) electrons. The van der Waals surface area contributed by atoms with E-state index in [1.54, 1.807) is 23.0 Å². The highest BCUT2D eigenvalue weighted by Gasteiger charge is 2.44. The number of nitrogens with zero attached hydrogens (tertiary/aromatic N) is 4. The second-order valence-corrected chi connectivity index (χ2v) is 7.07. The summed E-state index contributed by atoms with van der Waals surface area (Å²) in [5.41, 5.74) is 1.30. The highest BCUT2D eigenvalue weighted by atomic mass is 35.5. The molecule has 2 N–H and O–H groups in total. The second-order valence-electron chi connectivity index (χ2n) is 6.64. The quantitative estimate of drug-likeness (QED) is 0.550. The molecule has 10 heteroatoms. The van der Waals surface area contributed by atoms with Gasteiger partial charge in [-0.2, -0.15) is 5.10 Å². The Morgan fingerprint density at radius 2 is 2.07 bits per heavy atom. The van der Waals surface area contributed by atoms with Crippen LogP contribution in [0.25, 0.3) is 16.9 Å². The van der Waals surface area contributed by atoms with Crippen LogP contribution in [0.2, 0.25) is 5.02 Å². The van der Waals surface area contributed by atoms with Gasteiger partial charge in [0.1, 0.15) is 5.82 Å². The van der Waals surface area contributed by atoms with E-state index in [9.17, 15) is 14.0 Å². The lowest BCUT2D eigenvalue weighted by molar-refractivity contribution is 0.598. The van der Waals surface area contributed by atoms with Crippen LogP contribution in [0.3, 0.4) is 0 Å². The largest absolute Gasteiger partial charge is 0.325 e. The van der Waals surface area contributed by atoms with Crippen LogP contribution in [0.4, 0.5) is 4.39 Å². The molecule has 0 bridgehead atoms. The van der Waals surface area contributed by atoms with Crippen LogP contribution in [0.5, 0.6) is 0 Å². The van der Waals surface area contributed by atoms with Gasteiger partial charge in [0.2, 0.25) is 0 Å². The van der Waals surface area contributed by atoms with Crippen molar-refractivity contribution in [2.45, 2.75) is 18.3 Å². The van der Waals surface area contributed by atoms with Crippen LogP contribution in [0.1, 0.15) is 29.5 Å². The molecule has 4 aromatic rings. The van der Waals surface area contributed by atoms with Crippen molar-refractivity contribution in [3.05, 3.63) is 79.9 Å². The molecule has 4 heterocycles. The predicted molar refractivity (Wildman–Crippen MR) is 99.0 cm³/mol. The van der Waals surface area contributed by atoms with Crippen molar-refractivity contribution in [2.24, 2.45) is 0 Å². The van der Waals surface area contributed by atoms with Crippen molar-refractivity contribution in [3.63, 3.8) is 0 Å². The number of pyridine rings is 1. The van der Waals surface area contributed by atoms with E-state index in [1.807, 2.05) is 0 Å². The molecular weight excluding hydrogens is 387 g/mol. The highest BCUT2D eigenvalue weighted by Crippen LogP contribution is 2.55. The van der Waals surface area contributed by atoms with E-state index < -0.39 is 17.1 Å². The lowest BCUT2D eigenvalue weighted by atomic mass is 10.1. The molecule has 0 saturated heterocycles. The summed E-state index contributed by atoms with van der Waals surface area (Å²) in [5.74, 6) is -0.565. The van der Waals surface area contributed by atoms with Crippen LogP contribution >= 0.6 is 11.6 Å². The average Bonchev–Trinajstić information content (AvgIpc) is 3.28. The van der Waals surface area contributed by atoms with Gasteiger partial charge in [-0.3, -0.25) is 14.8 Å². The van der Waals surface area contributed by atoms with E-state index in [-0.39, 0.29) is 22.4 Å². The maximum absolute atomic E-state index is 14.3. The maximum Gasteiger partial charge on any atom is 0.325 e. The smallest absolute Gasteiger partial charge is 0.313 e. The summed E-state index contributed by atoms with van der Waals surface area (Å²) in [6.07, 6.45) is 6.71. The fourth-order valence-electron chi connectivity index (χ4n) is 3.48. The number of rotatable bonds is 3. The molecule has 5 rings (SSSR count). The molecular formula is C18H12ClFN6O2. The van der Waals surface area contributed by atoms with Crippen molar-refractivity contribution in [2.75, 3.05) is 0 Å². The molecule has 0 unspecified atom stereocenters. The molecule has 0 aromatic carbocycles. The van der Waals surface area contributed by atoms with Gasteiger partial charge in [0.25, 0.3) is 5.56 Å². The van der Waals surface area contributed by atoms with Gasteiger partial charge in [-0.15, -0.1) is 0 Å². The van der Waals surface area contributed by atoms with E-state index in [2.05, 4.69) is 25.0 Å². The Morgan fingerprint density at radius 1 is 1.21 bits per heavy atom. The summed E-state index contributed by atoms with van der Waals surface area (Å²) >= 11 is 5.79. The topological polar surface area (TPSA) is 109 Å².